The molecule has 0 saturated heterocycles. The van der Waals surface area contributed by atoms with Crippen LogP contribution in [-0.2, 0) is 18.3 Å². The summed E-state index contributed by atoms with van der Waals surface area (Å²) >= 11 is 0. The smallest absolute Gasteiger partial charge is 0.444 e. The molecule has 34 heavy (non-hydrogen) atoms. The Bertz CT molecular complexity index is 1020. The van der Waals surface area contributed by atoms with E-state index in [4.69, 9.17) is 4.74 Å². The summed E-state index contributed by atoms with van der Waals surface area (Å²) in [6.07, 6.45) is -0.526. The van der Waals surface area contributed by atoms with Crippen LogP contribution in [0.25, 0.3) is 0 Å². The minimum Gasteiger partial charge on any atom is -0.444 e. The Hall–Kier alpha value is -3.24. The number of imidazole rings is 1. The summed E-state index contributed by atoms with van der Waals surface area (Å²) in [6, 6.07) is 5.10. The van der Waals surface area contributed by atoms with Crippen molar-refractivity contribution in [3.8, 4) is 5.75 Å². The number of benzene rings is 1. The maximum atomic E-state index is 13.3. The maximum Gasteiger partial charge on any atom is 0.573 e. The Balaban J connectivity index is 1.77. The molecule has 0 unspecified atom stereocenters. The number of hydrogen-bond acceptors (Lipinski definition) is 5. The zero-order chi connectivity index (χ0) is 25.1. The summed E-state index contributed by atoms with van der Waals surface area (Å²) in [5.74, 6) is -0.697. The number of amides is 2. The molecule has 1 fully saturated rings. The van der Waals surface area contributed by atoms with Crippen molar-refractivity contribution in [1.29, 1.82) is 0 Å². The molecule has 0 radical (unpaired) electrons. The van der Waals surface area contributed by atoms with Crippen LogP contribution < -0.4 is 10.1 Å². The lowest BCUT2D eigenvalue weighted by atomic mass is 10.1. The van der Waals surface area contributed by atoms with Crippen molar-refractivity contribution in [2.24, 2.45) is 7.05 Å². The van der Waals surface area contributed by atoms with E-state index in [0.717, 1.165) is 0 Å². The summed E-state index contributed by atoms with van der Waals surface area (Å²) in [4.78, 5) is 31.2. The van der Waals surface area contributed by atoms with Gasteiger partial charge in [-0.1, -0.05) is 12.1 Å². The van der Waals surface area contributed by atoms with E-state index >= 15 is 0 Å². The number of aromatic nitrogens is 2. The normalized spacial score (nSPS) is 18.4. The molecule has 0 bridgehead atoms. The summed E-state index contributed by atoms with van der Waals surface area (Å²) < 4.78 is 48.9. The zero-order valence-electron chi connectivity index (χ0n) is 19.6. The quantitative estimate of drug-likeness (QED) is 0.660. The molecule has 11 heteroatoms. The molecule has 2 aromatic rings. The molecular weight excluding hydrogens is 453 g/mol. The molecule has 186 valence electrons. The summed E-state index contributed by atoms with van der Waals surface area (Å²) in [7, 11) is 1.74. The average molecular weight is 483 g/mol. The fraction of sp³-hybridized carbons (Fsp3) is 0.522. The van der Waals surface area contributed by atoms with E-state index in [-0.39, 0.29) is 36.0 Å². The van der Waals surface area contributed by atoms with Crippen LogP contribution in [0, 0.1) is 0 Å². The molecule has 1 aliphatic rings. The van der Waals surface area contributed by atoms with Crippen molar-refractivity contribution in [3.63, 3.8) is 0 Å². The average Bonchev–Trinajstić information content (AvgIpc) is 3.32. The van der Waals surface area contributed by atoms with Crippen LogP contribution in [0.4, 0.5) is 18.0 Å². The van der Waals surface area contributed by atoms with E-state index in [1.807, 2.05) is 0 Å². The van der Waals surface area contributed by atoms with Gasteiger partial charge in [0.25, 0.3) is 5.91 Å². The fourth-order valence-electron chi connectivity index (χ4n) is 3.92. The van der Waals surface area contributed by atoms with Crippen LogP contribution in [-0.4, -0.2) is 50.5 Å². The number of hydrogen-bond donors (Lipinski definition) is 1. The minimum absolute atomic E-state index is 0.0638. The maximum absolute atomic E-state index is 13.3. The van der Waals surface area contributed by atoms with Gasteiger partial charge < -0.3 is 24.3 Å². The standard InChI is InChI=1S/C23H29F3N4O4/c1-22(2,3)34-21(32)28-16-8-9-17(11-16)30(20(31)19-13-29(4)14-27-19)12-15-6-5-7-18(10-15)33-23(24,25)26/h5-7,10,13-14,16-17H,8-9,11-12H2,1-4H3,(H,28,32)/t16-,17+/m0/s1. The highest BCUT2D eigenvalue weighted by Gasteiger charge is 2.35. The van der Waals surface area contributed by atoms with Crippen LogP contribution in [0.1, 0.15) is 56.1 Å². The first-order chi connectivity index (χ1) is 15.8. The van der Waals surface area contributed by atoms with Crippen LogP contribution >= 0.6 is 0 Å². The number of carbonyl (C=O) groups excluding carboxylic acids is 2. The molecule has 1 aromatic heterocycles. The highest BCUT2D eigenvalue weighted by molar-refractivity contribution is 5.92. The van der Waals surface area contributed by atoms with Gasteiger partial charge in [-0.15, -0.1) is 13.2 Å². The summed E-state index contributed by atoms with van der Waals surface area (Å²) in [5, 5.41) is 2.84. The van der Waals surface area contributed by atoms with Gasteiger partial charge in [-0.25, -0.2) is 9.78 Å². The number of alkyl carbamates (subject to hydrolysis) is 1. The SMILES string of the molecule is Cn1cnc(C(=O)N(Cc2cccc(OC(F)(F)F)c2)[C@@H]2CC[C@H](NC(=O)OC(C)(C)C)C2)c1. The second-order valence-electron chi connectivity index (χ2n) is 9.36. The largest absolute Gasteiger partial charge is 0.573 e. The molecule has 2 amide bonds. The van der Waals surface area contributed by atoms with Crippen molar-refractivity contribution < 1.29 is 32.2 Å². The predicted octanol–water partition coefficient (Wildman–Crippen LogP) is 4.41. The number of aryl methyl sites for hydroxylation is 1. The number of ether oxygens (including phenoxy) is 2. The Morgan fingerprint density at radius 3 is 2.59 bits per heavy atom. The van der Waals surface area contributed by atoms with Gasteiger partial charge in [0.2, 0.25) is 0 Å². The van der Waals surface area contributed by atoms with Crippen molar-refractivity contribution in [3.05, 3.63) is 48.0 Å². The molecule has 0 spiro atoms. The second-order valence-corrected chi connectivity index (χ2v) is 9.36. The summed E-state index contributed by atoms with van der Waals surface area (Å²) in [6.45, 7) is 5.38. The Morgan fingerprint density at radius 2 is 1.97 bits per heavy atom. The molecule has 2 atom stereocenters. The molecule has 0 aliphatic heterocycles. The monoisotopic (exact) mass is 482 g/mol. The number of nitrogens with zero attached hydrogens (tertiary/aromatic N) is 3. The lowest BCUT2D eigenvalue weighted by Gasteiger charge is -2.29. The van der Waals surface area contributed by atoms with Crippen LogP contribution in [0.2, 0.25) is 0 Å². The van der Waals surface area contributed by atoms with Crippen molar-refractivity contribution >= 4 is 12.0 Å². The molecule has 1 aliphatic carbocycles. The van der Waals surface area contributed by atoms with Gasteiger partial charge in [0, 0.05) is 31.9 Å². The number of rotatable bonds is 6. The molecule has 1 saturated carbocycles. The summed E-state index contributed by atoms with van der Waals surface area (Å²) in [5.41, 5.74) is 0.0790. The van der Waals surface area contributed by atoms with Gasteiger partial charge in [0.1, 0.15) is 17.0 Å². The Morgan fingerprint density at radius 1 is 1.24 bits per heavy atom. The van der Waals surface area contributed by atoms with E-state index in [9.17, 15) is 22.8 Å². The number of alkyl halides is 3. The highest BCUT2D eigenvalue weighted by atomic mass is 19.4. The number of carbonyl (C=O) groups is 2. The first kappa shape index (κ1) is 25.4. The van der Waals surface area contributed by atoms with Crippen LogP contribution in [0.3, 0.4) is 0 Å². The lowest BCUT2D eigenvalue weighted by molar-refractivity contribution is -0.274. The number of halogens is 3. The van der Waals surface area contributed by atoms with Gasteiger partial charge in [-0.2, -0.15) is 0 Å². The molecule has 1 heterocycles. The van der Waals surface area contributed by atoms with E-state index in [0.29, 0.717) is 24.8 Å². The molecule has 1 N–H and O–H groups in total. The third-order valence-corrected chi connectivity index (χ3v) is 5.24. The van der Waals surface area contributed by atoms with Gasteiger partial charge in [-0.05, 0) is 57.7 Å². The molecule has 1 aromatic carbocycles. The van der Waals surface area contributed by atoms with Gasteiger partial charge in [0.15, 0.2) is 0 Å². The van der Waals surface area contributed by atoms with Crippen LogP contribution in [0.15, 0.2) is 36.8 Å². The number of nitrogens with one attached hydrogen (secondary N) is 1. The van der Waals surface area contributed by atoms with E-state index in [1.54, 1.807) is 49.5 Å². The van der Waals surface area contributed by atoms with Crippen molar-refractivity contribution in [2.75, 3.05) is 0 Å². The highest BCUT2D eigenvalue weighted by Crippen LogP contribution is 2.29. The Kier molecular flexibility index (Phi) is 7.42. The third kappa shape index (κ3) is 7.39. The third-order valence-electron chi connectivity index (χ3n) is 5.24. The van der Waals surface area contributed by atoms with Crippen molar-refractivity contribution in [2.45, 2.75) is 70.6 Å². The Labute approximate surface area is 196 Å². The van der Waals surface area contributed by atoms with Crippen LogP contribution in [0.5, 0.6) is 5.75 Å². The first-order valence-electron chi connectivity index (χ1n) is 10.9. The zero-order valence-corrected chi connectivity index (χ0v) is 19.6. The lowest BCUT2D eigenvalue weighted by Crippen LogP contribution is -2.41. The fourth-order valence-corrected chi connectivity index (χ4v) is 3.92. The minimum atomic E-state index is -4.81. The molecule has 8 nitrogen and oxygen atoms in total. The van der Waals surface area contributed by atoms with E-state index in [1.165, 1.54) is 24.5 Å². The van der Waals surface area contributed by atoms with E-state index < -0.39 is 18.1 Å². The topological polar surface area (TPSA) is 85.7 Å². The molecular formula is C23H29F3N4O4. The van der Waals surface area contributed by atoms with Crippen molar-refractivity contribution in [1.82, 2.24) is 19.8 Å². The second kappa shape index (κ2) is 9.94. The van der Waals surface area contributed by atoms with E-state index in [2.05, 4.69) is 15.0 Å². The van der Waals surface area contributed by atoms with Gasteiger partial charge in [-0.3, -0.25) is 4.79 Å². The predicted molar refractivity (Wildman–Crippen MR) is 117 cm³/mol. The van der Waals surface area contributed by atoms with Gasteiger partial charge >= 0.3 is 12.5 Å². The first-order valence-corrected chi connectivity index (χ1v) is 10.9. The van der Waals surface area contributed by atoms with Gasteiger partial charge in [0.05, 0.1) is 6.33 Å². The molecule has 3 rings (SSSR count).